The average molecular weight is 287 g/mol. The Bertz CT molecular complexity index is 793. The molecule has 0 atom stereocenters. The zero-order valence-electron chi connectivity index (χ0n) is 11.4. The molecule has 2 aromatic carbocycles. The molecule has 0 spiro atoms. The van der Waals surface area contributed by atoms with Crippen molar-refractivity contribution >= 4 is 22.6 Å². The third-order valence-corrected chi connectivity index (χ3v) is 3.73. The van der Waals surface area contributed by atoms with Crippen molar-refractivity contribution in [2.75, 3.05) is 0 Å². The lowest BCUT2D eigenvalue weighted by Crippen LogP contribution is -1.97. The molecule has 0 fully saturated rings. The van der Waals surface area contributed by atoms with Crippen LogP contribution in [-0.2, 0) is 6.54 Å². The van der Waals surface area contributed by atoms with E-state index in [2.05, 4.69) is 16.5 Å². The van der Waals surface area contributed by atoms with Crippen LogP contribution in [0.25, 0.3) is 22.4 Å². The van der Waals surface area contributed by atoms with Gasteiger partial charge in [0.05, 0.1) is 11.0 Å². The fraction of sp³-hybridized carbons (Fsp3) is 0.188. The Hall–Kier alpha value is -2.00. The number of hydrogen-bond acceptors (Lipinski definition) is 2. The molecule has 3 aromatic rings. The van der Waals surface area contributed by atoms with Crippen LogP contribution in [0.3, 0.4) is 0 Å². The third kappa shape index (κ3) is 2.04. The summed E-state index contributed by atoms with van der Waals surface area (Å²) in [6.45, 7) is 4.74. The van der Waals surface area contributed by atoms with Crippen LogP contribution in [0.1, 0.15) is 12.5 Å². The van der Waals surface area contributed by atoms with E-state index in [1.54, 1.807) is 6.07 Å². The molecule has 0 unspecified atom stereocenters. The summed E-state index contributed by atoms with van der Waals surface area (Å²) in [5, 5.41) is 10.6. The van der Waals surface area contributed by atoms with Crippen LogP contribution >= 0.6 is 11.6 Å². The SMILES string of the molecule is CCn1c(-c2ccc(C)c(O)c2)nc2ccc(Cl)cc21. The van der Waals surface area contributed by atoms with Gasteiger partial charge in [-0.25, -0.2) is 4.98 Å². The number of halogens is 1. The highest BCUT2D eigenvalue weighted by Crippen LogP contribution is 2.29. The van der Waals surface area contributed by atoms with E-state index >= 15 is 0 Å². The molecule has 1 N–H and O–H groups in total. The van der Waals surface area contributed by atoms with Crippen molar-refractivity contribution in [2.45, 2.75) is 20.4 Å². The third-order valence-electron chi connectivity index (χ3n) is 3.49. The van der Waals surface area contributed by atoms with E-state index in [0.717, 1.165) is 34.5 Å². The number of phenols is 1. The van der Waals surface area contributed by atoms with E-state index in [0.29, 0.717) is 5.02 Å². The molecular formula is C16H15ClN2O. The fourth-order valence-electron chi connectivity index (χ4n) is 2.38. The summed E-state index contributed by atoms with van der Waals surface area (Å²) in [7, 11) is 0. The Morgan fingerprint density at radius 2 is 2.00 bits per heavy atom. The standard InChI is InChI=1S/C16H15ClN2O/c1-3-19-14-9-12(17)6-7-13(14)18-16(19)11-5-4-10(2)15(20)8-11/h4-9,20H,3H2,1-2H3. The van der Waals surface area contributed by atoms with Crippen molar-refractivity contribution in [1.29, 1.82) is 0 Å². The highest BCUT2D eigenvalue weighted by molar-refractivity contribution is 6.31. The number of nitrogens with zero attached hydrogens (tertiary/aromatic N) is 2. The van der Waals surface area contributed by atoms with Gasteiger partial charge >= 0.3 is 0 Å². The van der Waals surface area contributed by atoms with Gasteiger partial charge in [0, 0.05) is 17.1 Å². The monoisotopic (exact) mass is 286 g/mol. The van der Waals surface area contributed by atoms with E-state index in [-0.39, 0.29) is 5.75 Å². The summed E-state index contributed by atoms with van der Waals surface area (Å²) in [4.78, 5) is 4.66. The molecule has 0 amide bonds. The van der Waals surface area contributed by atoms with Gasteiger partial charge in [0.2, 0.25) is 0 Å². The van der Waals surface area contributed by atoms with Crippen molar-refractivity contribution in [1.82, 2.24) is 9.55 Å². The Morgan fingerprint density at radius 3 is 2.70 bits per heavy atom. The summed E-state index contributed by atoms with van der Waals surface area (Å²) in [6.07, 6.45) is 0. The number of fused-ring (bicyclic) bond motifs is 1. The van der Waals surface area contributed by atoms with Gasteiger partial charge in [0.25, 0.3) is 0 Å². The number of rotatable bonds is 2. The zero-order valence-corrected chi connectivity index (χ0v) is 12.1. The smallest absolute Gasteiger partial charge is 0.141 e. The lowest BCUT2D eigenvalue weighted by atomic mass is 10.1. The molecule has 0 aliphatic heterocycles. The first-order valence-electron chi connectivity index (χ1n) is 6.56. The van der Waals surface area contributed by atoms with E-state index in [1.807, 2.05) is 37.3 Å². The van der Waals surface area contributed by atoms with Crippen LogP contribution in [0.15, 0.2) is 36.4 Å². The Kier molecular flexibility index (Phi) is 3.14. The van der Waals surface area contributed by atoms with Crippen molar-refractivity contribution in [2.24, 2.45) is 0 Å². The maximum Gasteiger partial charge on any atom is 0.141 e. The number of aryl methyl sites for hydroxylation is 2. The predicted octanol–water partition coefficient (Wildman–Crippen LogP) is 4.39. The van der Waals surface area contributed by atoms with E-state index in [1.165, 1.54) is 0 Å². The summed E-state index contributed by atoms with van der Waals surface area (Å²) < 4.78 is 2.10. The zero-order chi connectivity index (χ0) is 14.3. The maximum atomic E-state index is 9.89. The predicted molar refractivity (Wildman–Crippen MR) is 82.3 cm³/mol. The molecule has 20 heavy (non-hydrogen) atoms. The summed E-state index contributed by atoms with van der Waals surface area (Å²) >= 11 is 6.07. The second kappa shape index (κ2) is 4.84. The largest absolute Gasteiger partial charge is 0.508 e. The van der Waals surface area contributed by atoms with Gasteiger partial charge < -0.3 is 9.67 Å². The number of aromatic hydroxyl groups is 1. The Balaban J connectivity index is 2.27. The van der Waals surface area contributed by atoms with Gasteiger partial charge in [-0.05, 0) is 43.7 Å². The van der Waals surface area contributed by atoms with Gasteiger partial charge in [0.15, 0.2) is 0 Å². The molecule has 0 aliphatic rings. The highest BCUT2D eigenvalue weighted by atomic mass is 35.5. The van der Waals surface area contributed by atoms with Crippen LogP contribution in [0.4, 0.5) is 0 Å². The summed E-state index contributed by atoms with van der Waals surface area (Å²) in [6, 6.07) is 11.3. The summed E-state index contributed by atoms with van der Waals surface area (Å²) in [5.41, 5.74) is 3.68. The molecule has 0 radical (unpaired) electrons. The van der Waals surface area contributed by atoms with Gasteiger partial charge in [0.1, 0.15) is 11.6 Å². The van der Waals surface area contributed by atoms with Crippen LogP contribution < -0.4 is 0 Å². The molecular weight excluding hydrogens is 272 g/mol. The highest BCUT2D eigenvalue weighted by Gasteiger charge is 2.12. The van der Waals surface area contributed by atoms with Gasteiger partial charge in [-0.3, -0.25) is 0 Å². The minimum absolute atomic E-state index is 0.287. The van der Waals surface area contributed by atoms with E-state index < -0.39 is 0 Å². The molecule has 1 heterocycles. The first-order chi connectivity index (χ1) is 9.60. The van der Waals surface area contributed by atoms with Crippen LogP contribution in [0.5, 0.6) is 5.75 Å². The number of imidazole rings is 1. The normalized spacial score (nSPS) is 11.2. The van der Waals surface area contributed by atoms with Crippen LogP contribution in [-0.4, -0.2) is 14.7 Å². The molecule has 0 saturated heterocycles. The van der Waals surface area contributed by atoms with E-state index in [4.69, 9.17) is 11.6 Å². The Morgan fingerprint density at radius 1 is 1.20 bits per heavy atom. The molecule has 1 aromatic heterocycles. The van der Waals surface area contributed by atoms with Crippen molar-refractivity contribution in [3.05, 3.63) is 47.0 Å². The van der Waals surface area contributed by atoms with Gasteiger partial charge in [-0.1, -0.05) is 23.7 Å². The molecule has 3 nitrogen and oxygen atoms in total. The topological polar surface area (TPSA) is 38.0 Å². The van der Waals surface area contributed by atoms with Crippen molar-refractivity contribution < 1.29 is 5.11 Å². The molecule has 3 rings (SSSR count). The quantitative estimate of drug-likeness (QED) is 0.759. The molecule has 4 heteroatoms. The molecule has 0 aliphatic carbocycles. The average Bonchev–Trinajstić information content (AvgIpc) is 2.79. The lowest BCUT2D eigenvalue weighted by molar-refractivity contribution is 0.471. The second-order valence-electron chi connectivity index (χ2n) is 4.81. The van der Waals surface area contributed by atoms with Crippen molar-refractivity contribution in [3.8, 4) is 17.1 Å². The van der Waals surface area contributed by atoms with Crippen LogP contribution in [0, 0.1) is 6.92 Å². The fourth-order valence-corrected chi connectivity index (χ4v) is 2.55. The number of aromatic nitrogens is 2. The Labute approximate surface area is 122 Å². The number of phenolic OH excluding ortho intramolecular Hbond substituents is 1. The minimum Gasteiger partial charge on any atom is -0.508 e. The number of benzene rings is 2. The molecule has 102 valence electrons. The summed E-state index contributed by atoms with van der Waals surface area (Å²) in [5.74, 6) is 1.13. The van der Waals surface area contributed by atoms with Crippen molar-refractivity contribution in [3.63, 3.8) is 0 Å². The molecule has 0 bridgehead atoms. The van der Waals surface area contributed by atoms with E-state index in [9.17, 15) is 5.11 Å². The van der Waals surface area contributed by atoms with Gasteiger partial charge in [-0.15, -0.1) is 0 Å². The molecule has 0 saturated carbocycles. The maximum absolute atomic E-state index is 9.89. The first kappa shape index (κ1) is 13.0. The van der Waals surface area contributed by atoms with Crippen LogP contribution in [0.2, 0.25) is 5.02 Å². The lowest BCUT2D eigenvalue weighted by Gasteiger charge is -2.07. The minimum atomic E-state index is 0.287. The second-order valence-corrected chi connectivity index (χ2v) is 5.25. The first-order valence-corrected chi connectivity index (χ1v) is 6.93. The number of hydrogen-bond donors (Lipinski definition) is 1. The van der Waals surface area contributed by atoms with Gasteiger partial charge in [-0.2, -0.15) is 0 Å².